The van der Waals surface area contributed by atoms with Gasteiger partial charge in [-0.05, 0) is 47.2 Å². The summed E-state index contributed by atoms with van der Waals surface area (Å²) in [6, 6.07) is 17.1. The van der Waals surface area contributed by atoms with Crippen molar-refractivity contribution in [3.63, 3.8) is 0 Å². The first-order chi connectivity index (χ1) is 23.6. The molecule has 49 heavy (non-hydrogen) atoms. The zero-order valence-corrected chi connectivity index (χ0v) is 29.7. The molecule has 12 nitrogen and oxygen atoms in total. The molecular weight excluding hydrogens is 665 g/mol. The maximum Gasteiger partial charge on any atom is 0.319 e. The number of imidazole rings is 1. The van der Waals surface area contributed by atoms with Crippen LogP contribution in [0.5, 0.6) is 17.2 Å². The van der Waals surface area contributed by atoms with Gasteiger partial charge in [-0.1, -0.05) is 56.4 Å². The van der Waals surface area contributed by atoms with Crippen LogP contribution in [0.4, 0.5) is 10.5 Å². The summed E-state index contributed by atoms with van der Waals surface area (Å²) in [7, 11) is 1.53. The number of hydrogen-bond donors (Lipinski definition) is 3. The number of hydrogen-bond acceptors (Lipinski definition) is 9. The minimum Gasteiger partial charge on any atom is -0.760 e. The number of benzene rings is 3. The van der Waals surface area contributed by atoms with Crippen LogP contribution in [0.1, 0.15) is 43.2 Å². The number of amides is 2. The van der Waals surface area contributed by atoms with Crippen LogP contribution in [0.25, 0.3) is 15.2 Å². The van der Waals surface area contributed by atoms with Crippen molar-refractivity contribution in [2.24, 2.45) is 0 Å². The molecule has 1 saturated heterocycles. The number of carbonyl (C=O) groups excluding carboxylic acids is 1. The van der Waals surface area contributed by atoms with Gasteiger partial charge < -0.3 is 29.4 Å². The highest BCUT2D eigenvalue weighted by Gasteiger charge is 2.21. The average Bonchev–Trinajstić information content (AvgIpc) is 3.63. The van der Waals surface area contributed by atoms with Crippen LogP contribution >= 0.6 is 11.3 Å². The molecule has 1 aliphatic rings. The molecule has 0 spiro atoms. The second kappa shape index (κ2) is 15.2. The summed E-state index contributed by atoms with van der Waals surface area (Å²) >= 11 is -0.748. The highest BCUT2D eigenvalue weighted by atomic mass is 32.2. The maximum atomic E-state index is 13.2. The smallest absolute Gasteiger partial charge is 0.319 e. The Labute approximate surface area is 292 Å². The van der Waals surface area contributed by atoms with Gasteiger partial charge in [0, 0.05) is 55.6 Å². The van der Waals surface area contributed by atoms with Crippen molar-refractivity contribution in [1.29, 1.82) is 0 Å². The summed E-state index contributed by atoms with van der Waals surface area (Å²) in [6.07, 6.45) is 2.35. The number of methoxy groups -OCH3 is 1. The summed E-state index contributed by atoms with van der Waals surface area (Å²) in [5.41, 5.74) is 5.08. The van der Waals surface area contributed by atoms with E-state index < -0.39 is 17.3 Å². The fraction of sp³-hybridized carbons (Fsp3) is 0.371. The molecule has 3 aromatic carbocycles. The van der Waals surface area contributed by atoms with E-state index in [1.807, 2.05) is 54.7 Å². The lowest BCUT2D eigenvalue weighted by molar-refractivity contribution is 0.0336. The van der Waals surface area contributed by atoms with Crippen LogP contribution in [0.15, 0.2) is 60.8 Å². The molecule has 260 valence electrons. The normalized spacial score (nSPS) is 14.6. The van der Waals surface area contributed by atoms with Crippen LogP contribution in [-0.4, -0.2) is 69.0 Å². The molecule has 0 bridgehead atoms. The minimum atomic E-state index is -2.37. The first kappa shape index (κ1) is 34.8. The highest BCUT2D eigenvalue weighted by Crippen LogP contribution is 2.36. The van der Waals surface area contributed by atoms with Crippen LogP contribution in [0.2, 0.25) is 0 Å². The minimum absolute atomic E-state index is 0.200. The Bertz CT molecular complexity index is 1960. The number of thiazole rings is 1. The lowest BCUT2D eigenvalue weighted by atomic mass is 9.85. The molecule has 1 unspecified atom stereocenters. The van der Waals surface area contributed by atoms with Crippen LogP contribution in [0.3, 0.4) is 0 Å². The van der Waals surface area contributed by atoms with E-state index in [9.17, 15) is 13.6 Å². The molecule has 5 aromatic rings. The molecule has 1 aliphatic heterocycles. The van der Waals surface area contributed by atoms with Gasteiger partial charge in [0.15, 0.2) is 4.96 Å². The monoisotopic (exact) mass is 705 g/mol. The topological polar surface area (TPSA) is 142 Å². The first-order valence-corrected chi connectivity index (χ1v) is 18.0. The summed E-state index contributed by atoms with van der Waals surface area (Å²) in [5.74, 6) is 1.81. The Morgan fingerprint density at radius 1 is 1.10 bits per heavy atom. The third-order valence-corrected chi connectivity index (χ3v) is 9.86. The highest BCUT2D eigenvalue weighted by molar-refractivity contribution is 7.77. The van der Waals surface area contributed by atoms with Gasteiger partial charge in [0.25, 0.3) is 0 Å². The number of morpholine rings is 1. The fourth-order valence-corrected chi connectivity index (χ4v) is 7.17. The summed E-state index contributed by atoms with van der Waals surface area (Å²) < 4.78 is 45.3. The second-order valence-corrected chi connectivity index (χ2v) is 14.6. The fourth-order valence-electron chi connectivity index (χ4n) is 5.85. The number of nitrogens with one attached hydrogen (secondary N) is 3. The maximum absolute atomic E-state index is 13.2. The van der Waals surface area contributed by atoms with E-state index in [1.54, 1.807) is 11.3 Å². The second-order valence-electron chi connectivity index (χ2n) is 12.9. The number of carbonyl (C=O) groups is 1. The van der Waals surface area contributed by atoms with Crippen molar-refractivity contribution in [3.05, 3.63) is 83.2 Å². The lowest BCUT2D eigenvalue weighted by Gasteiger charge is -2.26. The molecule has 3 N–H and O–H groups in total. The van der Waals surface area contributed by atoms with Gasteiger partial charge in [0.1, 0.15) is 17.2 Å². The van der Waals surface area contributed by atoms with E-state index in [1.165, 1.54) is 7.11 Å². The molecule has 1 fully saturated rings. The summed E-state index contributed by atoms with van der Waals surface area (Å²) in [6.45, 7) is 10.8. The standard InChI is InChI=1S/C35H42N6O6S2/c1-35(2,3)25-17-23(11-12-38-49(43)44)32(45-4)28(18-25)39-33(42)36-20-24-7-5-6-8-30(24)47-27-9-10-29-31(19-27)48-34-37-21-26(41(29)34)22-40-13-15-46-16-14-40/h5-10,17-19,21,38H,11-16,20,22H2,1-4H3,(H,43,44)(H2,36,39,42)/p-1. The number of aromatic nitrogens is 2. The molecule has 2 amide bonds. The Kier molecular flexibility index (Phi) is 10.8. The Morgan fingerprint density at radius 3 is 2.65 bits per heavy atom. The number of urea groups is 1. The van der Waals surface area contributed by atoms with Gasteiger partial charge in [0.2, 0.25) is 0 Å². The number of nitrogens with zero attached hydrogens (tertiary/aromatic N) is 3. The number of fused-ring (bicyclic) bond motifs is 3. The average molecular weight is 706 g/mol. The molecule has 14 heteroatoms. The zero-order valence-electron chi connectivity index (χ0n) is 28.0. The summed E-state index contributed by atoms with van der Waals surface area (Å²) in [4.78, 5) is 21.2. The number of para-hydroxylation sites is 1. The van der Waals surface area contributed by atoms with Gasteiger partial charge in [-0.3, -0.25) is 13.5 Å². The quantitative estimate of drug-likeness (QED) is 0.140. The van der Waals surface area contributed by atoms with E-state index in [0.29, 0.717) is 29.4 Å². The third-order valence-electron chi connectivity index (χ3n) is 8.40. The van der Waals surface area contributed by atoms with Crippen molar-refractivity contribution in [2.75, 3.05) is 45.3 Å². The van der Waals surface area contributed by atoms with Crippen molar-refractivity contribution < 1.29 is 27.8 Å². The molecule has 6 rings (SSSR count). The number of anilines is 1. The van der Waals surface area contributed by atoms with E-state index in [4.69, 9.17) is 14.2 Å². The van der Waals surface area contributed by atoms with Crippen molar-refractivity contribution in [1.82, 2.24) is 24.3 Å². The molecule has 3 heterocycles. The first-order valence-electron chi connectivity index (χ1n) is 16.1. The predicted octanol–water partition coefficient (Wildman–Crippen LogP) is 5.73. The number of rotatable bonds is 12. The van der Waals surface area contributed by atoms with Crippen LogP contribution in [0, 0.1) is 0 Å². The van der Waals surface area contributed by atoms with E-state index >= 15 is 0 Å². The molecule has 1 atom stereocenters. The third kappa shape index (κ3) is 8.40. The Balaban J connectivity index is 1.15. The SMILES string of the molecule is COc1c(CCNS(=O)[O-])cc(C(C)(C)C)cc1NC(=O)NCc1ccccc1Oc1ccc2c(c1)sc1ncc(CN3CCOCC3)n12. The van der Waals surface area contributed by atoms with Crippen LogP contribution < -0.4 is 24.8 Å². The van der Waals surface area contributed by atoms with Gasteiger partial charge >= 0.3 is 6.03 Å². The largest absolute Gasteiger partial charge is 0.760 e. The van der Waals surface area contributed by atoms with Crippen molar-refractivity contribution in [2.45, 2.75) is 45.7 Å². The van der Waals surface area contributed by atoms with Crippen molar-refractivity contribution >= 4 is 49.5 Å². The van der Waals surface area contributed by atoms with Gasteiger partial charge in [-0.25, -0.2) is 14.5 Å². The van der Waals surface area contributed by atoms with Crippen LogP contribution in [-0.2, 0) is 40.9 Å². The Hall–Kier alpha value is -4.05. The van der Waals surface area contributed by atoms with E-state index in [-0.39, 0.29) is 18.5 Å². The Morgan fingerprint density at radius 2 is 1.90 bits per heavy atom. The van der Waals surface area contributed by atoms with Crippen molar-refractivity contribution in [3.8, 4) is 17.2 Å². The van der Waals surface area contributed by atoms with Gasteiger partial charge in [0.05, 0.1) is 48.1 Å². The molecule has 2 aromatic heterocycles. The van der Waals surface area contributed by atoms with Gasteiger partial charge in [-0.2, -0.15) is 0 Å². The zero-order chi connectivity index (χ0) is 34.5. The van der Waals surface area contributed by atoms with Gasteiger partial charge in [-0.15, -0.1) is 0 Å². The lowest BCUT2D eigenvalue weighted by Crippen LogP contribution is -2.35. The predicted molar refractivity (Wildman–Crippen MR) is 191 cm³/mol. The summed E-state index contributed by atoms with van der Waals surface area (Å²) in [5, 5.41) is 5.88. The van der Waals surface area contributed by atoms with E-state index in [0.717, 1.165) is 70.4 Å². The molecule has 0 radical (unpaired) electrons. The molecule has 0 saturated carbocycles. The number of ether oxygens (including phenoxy) is 3. The molecule has 0 aliphatic carbocycles. The van der Waals surface area contributed by atoms with E-state index in [2.05, 4.69) is 56.5 Å². The molecular formula is C35H41N6O6S2-.